The van der Waals surface area contributed by atoms with Gasteiger partial charge in [0, 0.05) is 19.0 Å². The van der Waals surface area contributed by atoms with Crippen LogP contribution < -0.4 is 0 Å². The van der Waals surface area contributed by atoms with Crippen LogP contribution in [0.15, 0.2) is 16.4 Å². The molecular formula is C14H23IN2O. The largest absolute Gasteiger partial charge is 0.317 e. The molecule has 1 amide bonds. The first-order valence-electron chi connectivity index (χ1n) is 6.66. The Balaban J connectivity index is 2.79. The van der Waals surface area contributed by atoms with Crippen molar-refractivity contribution >= 4 is 34.7 Å². The van der Waals surface area contributed by atoms with E-state index >= 15 is 0 Å². The SMILES string of the molecule is CCCC(I)C(=O)N(C)C1=C(C)N=CC(CC)C1. The average Bonchev–Trinajstić information content (AvgIpc) is 2.38. The smallest absolute Gasteiger partial charge is 0.239 e. The lowest BCUT2D eigenvalue weighted by molar-refractivity contribution is -0.127. The molecule has 1 aliphatic heterocycles. The number of nitrogens with zero attached hydrogens (tertiary/aromatic N) is 2. The molecule has 0 fully saturated rings. The molecule has 0 aromatic carbocycles. The molecule has 0 aromatic rings. The van der Waals surface area contributed by atoms with Crippen LogP contribution in [0.1, 0.15) is 46.5 Å². The summed E-state index contributed by atoms with van der Waals surface area (Å²) in [5.74, 6) is 0.677. The molecule has 1 aliphatic rings. The Hall–Kier alpha value is -0.390. The second-order valence-electron chi connectivity index (χ2n) is 4.84. The highest BCUT2D eigenvalue weighted by atomic mass is 127. The zero-order valence-electron chi connectivity index (χ0n) is 11.7. The lowest BCUT2D eigenvalue weighted by Gasteiger charge is -2.28. The van der Waals surface area contributed by atoms with E-state index in [4.69, 9.17) is 0 Å². The van der Waals surface area contributed by atoms with Crippen molar-refractivity contribution in [3.8, 4) is 0 Å². The van der Waals surface area contributed by atoms with Crippen LogP contribution >= 0.6 is 22.6 Å². The Kier molecular flexibility index (Phi) is 6.32. The maximum atomic E-state index is 12.3. The van der Waals surface area contributed by atoms with E-state index in [0.29, 0.717) is 5.92 Å². The van der Waals surface area contributed by atoms with Crippen LogP contribution in [0.4, 0.5) is 0 Å². The molecule has 2 unspecified atom stereocenters. The van der Waals surface area contributed by atoms with Gasteiger partial charge in [-0.2, -0.15) is 0 Å². The first kappa shape index (κ1) is 15.7. The predicted molar refractivity (Wildman–Crippen MR) is 85.1 cm³/mol. The predicted octanol–water partition coefficient (Wildman–Crippen LogP) is 3.78. The molecule has 0 aromatic heterocycles. The lowest BCUT2D eigenvalue weighted by Crippen LogP contribution is -2.34. The summed E-state index contributed by atoms with van der Waals surface area (Å²) in [6.07, 6.45) is 6.01. The average molecular weight is 362 g/mol. The van der Waals surface area contributed by atoms with Crippen molar-refractivity contribution < 1.29 is 4.79 Å². The number of alkyl halides is 1. The van der Waals surface area contributed by atoms with E-state index in [1.54, 1.807) is 0 Å². The van der Waals surface area contributed by atoms with Gasteiger partial charge in [0.2, 0.25) is 5.91 Å². The summed E-state index contributed by atoms with van der Waals surface area (Å²) in [6.45, 7) is 6.26. The monoisotopic (exact) mass is 362 g/mol. The number of carbonyl (C=O) groups excluding carboxylic acids is 1. The molecule has 102 valence electrons. The van der Waals surface area contributed by atoms with Gasteiger partial charge in [0.15, 0.2) is 0 Å². The van der Waals surface area contributed by atoms with Crippen LogP contribution in [0, 0.1) is 5.92 Å². The number of allylic oxidation sites excluding steroid dienone is 2. The summed E-state index contributed by atoms with van der Waals surface area (Å²) in [6, 6.07) is 0. The maximum Gasteiger partial charge on any atom is 0.239 e. The fraction of sp³-hybridized carbons (Fsp3) is 0.714. The van der Waals surface area contributed by atoms with Crippen LogP contribution in [0.3, 0.4) is 0 Å². The highest BCUT2D eigenvalue weighted by Crippen LogP contribution is 2.26. The Morgan fingerprint density at radius 3 is 2.83 bits per heavy atom. The quantitative estimate of drug-likeness (QED) is 0.541. The van der Waals surface area contributed by atoms with Gasteiger partial charge in [-0.25, -0.2) is 0 Å². The molecule has 0 saturated heterocycles. The molecular weight excluding hydrogens is 339 g/mol. The van der Waals surface area contributed by atoms with Gasteiger partial charge in [0.1, 0.15) is 0 Å². The Bertz CT molecular complexity index is 363. The fourth-order valence-electron chi connectivity index (χ4n) is 2.09. The minimum absolute atomic E-state index is 0.0730. The lowest BCUT2D eigenvalue weighted by atomic mass is 9.97. The first-order chi connectivity index (χ1) is 8.51. The zero-order valence-corrected chi connectivity index (χ0v) is 13.9. The van der Waals surface area contributed by atoms with Crippen molar-refractivity contribution in [2.75, 3.05) is 7.05 Å². The molecule has 1 rings (SSSR count). The van der Waals surface area contributed by atoms with Crippen LogP contribution in [-0.2, 0) is 4.79 Å². The molecule has 0 radical (unpaired) electrons. The minimum Gasteiger partial charge on any atom is -0.317 e. The van der Waals surface area contributed by atoms with Gasteiger partial charge < -0.3 is 4.90 Å². The third-order valence-corrected chi connectivity index (χ3v) is 4.58. The van der Waals surface area contributed by atoms with E-state index in [1.807, 2.05) is 25.1 Å². The summed E-state index contributed by atoms with van der Waals surface area (Å²) in [5, 5.41) is 0. The topological polar surface area (TPSA) is 32.7 Å². The summed E-state index contributed by atoms with van der Waals surface area (Å²) < 4.78 is 0.0730. The summed E-state index contributed by atoms with van der Waals surface area (Å²) in [7, 11) is 1.88. The van der Waals surface area contributed by atoms with Crippen LogP contribution in [0.2, 0.25) is 0 Å². The molecule has 3 nitrogen and oxygen atoms in total. The van der Waals surface area contributed by atoms with Crippen molar-refractivity contribution in [1.29, 1.82) is 0 Å². The van der Waals surface area contributed by atoms with Gasteiger partial charge in [0.25, 0.3) is 0 Å². The minimum atomic E-state index is 0.0730. The van der Waals surface area contributed by atoms with Gasteiger partial charge in [-0.05, 0) is 32.1 Å². The van der Waals surface area contributed by atoms with E-state index < -0.39 is 0 Å². The van der Waals surface area contributed by atoms with Crippen molar-refractivity contribution in [3.63, 3.8) is 0 Å². The molecule has 0 bridgehead atoms. The number of amides is 1. The number of aliphatic imine (C=N–C) groups is 1. The second kappa shape index (κ2) is 7.26. The van der Waals surface area contributed by atoms with Crippen molar-refractivity contribution in [1.82, 2.24) is 4.90 Å². The van der Waals surface area contributed by atoms with Crippen molar-refractivity contribution in [3.05, 3.63) is 11.4 Å². The third kappa shape index (κ3) is 3.80. The Morgan fingerprint density at radius 1 is 1.61 bits per heavy atom. The Labute approximate surface area is 124 Å². The number of halogens is 1. The zero-order chi connectivity index (χ0) is 13.7. The van der Waals surface area contributed by atoms with Gasteiger partial charge in [0.05, 0.1) is 9.62 Å². The van der Waals surface area contributed by atoms with Gasteiger partial charge >= 0.3 is 0 Å². The van der Waals surface area contributed by atoms with E-state index in [1.165, 1.54) is 0 Å². The first-order valence-corrected chi connectivity index (χ1v) is 7.91. The molecule has 1 heterocycles. The second-order valence-corrected chi connectivity index (χ2v) is 6.34. The summed E-state index contributed by atoms with van der Waals surface area (Å²) >= 11 is 2.25. The van der Waals surface area contributed by atoms with E-state index in [2.05, 4.69) is 41.4 Å². The molecule has 0 aliphatic carbocycles. The van der Waals surface area contributed by atoms with Gasteiger partial charge in [-0.15, -0.1) is 0 Å². The molecule has 0 saturated carbocycles. The molecule has 2 atom stereocenters. The van der Waals surface area contributed by atoms with E-state index in [-0.39, 0.29) is 9.83 Å². The number of rotatable bonds is 5. The van der Waals surface area contributed by atoms with Crippen molar-refractivity contribution in [2.24, 2.45) is 10.9 Å². The number of carbonyl (C=O) groups is 1. The van der Waals surface area contributed by atoms with Crippen LogP contribution in [0.5, 0.6) is 0 Å². The maximum absolute atomic E-state index is 12.3. The molecule has 4 heteroatoms. The van der Waals surface area contributed by atoms with Crippen LogP contribution in [0.25, 0.3) is 0 Å². The summed E-state index contributed by atoms with van der Waals surface area (Å²) in [4.78, 5) is 18.6. The van der Waals surface area contributed by atoms with Gasteiger partial charge in [-0.3, -0.25) is 9.79 Å². The van der Waals surface area contributed by atoms with Crippen molar-refractivity contribution in [2.45, 2.75) is 50.4 Å². The normalized spacial score (nSPS) is 21.1. The summed E-state index contributed by atoms with van der Waals surface area (Å²) in [5.41, 5.74) is 2.07. The van der Waals surface area contributed by atoms with E-state index in [0.717, 1.165) is 37.1 Å². The standard InChI is InChI=1S/C14H23IN2O/c1-5-7-12(15)14(18)17(4)13-8-11(6-2)9-16-10(13)3/h9,11-12H,5-8H2,1-4H3. The highest BCUT2D eigenvalue weighted by molar-refractivity contribution is 14.1. The molecule has 18 heavy (non-hydrogen) atoms. The highest BCUT2D eigenvalue weighted by Gasteiger charge is 2.25. The molecule has 0 N–H and O–H groups in total. The third-order valence-electron chi connectivity index (χ3n) is 3.42. The molecule has 0 spiro atoms. The fourth-order valence-corrected chi connectivity index (χ4v) is 3.13. The van der Waals surface area contributed by atoms with Crippen LogP contribution in [-0.4, -0.2) is 28.0 Å². The number of hydrogen-bond donors (Lipinski definition) is 0. The van der Waals surface area contributed by atoms with E-state index in [9.17, 15) is 4.79 Å². The van der Waals surface area contributed by atoms with Gasteiger partial charge in [-0.1, -0.05) is 42.9 Å². The number of hydrogen-bond acceptors (Lipinski definition) is 2. The Morgan fingerprint density at radius 2 is 2.28 bits per heavy atom.